The summed E-state index contributed by atoms with van der Waals surface area (Å²) in [6.45, 7) is 2.07. The minimum Gasteiger partial charge on any atom is -0.492 e. The van der Waals surface area contributed by atoms with Crippen LogP contribution < -0.4 is 14.4 Å². The number of amides is 1. The van der Waals surface area contributed by atoms with Gasteiger partial charge in [-0.25, -0.2) is 12.8 Å². The van der Waals surface area contributed by atoms with Crippen LogP contribution in [0.25, 0.3) is 0 Å². The van der Waals surface area contributed by atoms with Crippen LogP contribution in [0.5, 0.6) is 5.75 Å². The van der Waals surface area contributed by atoms with Crippen LogP contribution in [0, 0.1) is 5.82 Å². The Labute approximate surface area is 159 Å². The lowest BCUT2D eigenvalue weighted by Crippen LogP contribution is -2.41. The Morgan fingerprint density at radius 2 is 1.74 bits per heavy atom. The summed E-state index contributed by atoms with van der Waals surface area (Å²) in [5.41, 5.74) is 1.52. The zero-order chi connectivity index (χ0) is 19.9. The minimum absolute atomic E-state index is 0.182. The smallest absolute Gasteiger partial charge is 0.240 e. The number of nitrogens with one attached hydrogen (secondary N) is 1. The Morgan fingerprint density at radius 1 is 1.11 bits per heavy atom. The molecule has 0 fully saturated rings. The largest absolute Gasteiger partial charge is 0.492 e. The van der Waals surface area contributed by atoms with Crippen molar-refractivity contribution < 1.29 is 22.3 Å². The molecule has 0 heterocycles. The third-order valence-electron chi connectivity index (χ3n) is 3.83. The van der Waals surface area contributed by atoms with Gasteiger partial charge in [0.05, 0.1) is 18.5 Å². The fraction of sp³-hybridized carbons (Fsp3) is 0.316. The lowest BCUT2D eigenvalue weighted by Gasteiger charge is -2.22. The molecule has 6 nitrogen and oxygen atoms in total. The predicted octanol–water partition coefficient (Wildman–Crippen LogP) is 2.35. The quantitative estimate of drug-likeness (QED) is 0.663. The van der Waals surface area contributed by atoms with E-state index in [2.05, 4.69) is 5.32 Å². The van der Waals surface area contributed by atoms with Crippen LogP contribution in [-0.2, 0) is 21.2 Å². The van der Waals surface area contributed by atoms with E-state index in [0.29, 0.717) is 11.4 Å². The van der Waals surface area contributed by atoms with E-state index in [9.17, 15) is 17.6 Å². The second-order valence-electron chi connectivity index (χ2n) is 5.94. The number of rotatable bonds is 9. The Morgan fingerprint density at radius 3 is 2.30 bits per heavy atom. The van der Waals surface area contributed by atoms with Crippen LogP contribution in [0.1, 0.15) is 12.5 Å². The Bertz CT molecular complexity index is 852. The fourth-order valence-corrected chi connectivity index (χ4v) is 3.23. The van der Waals surface area contributed by atoms with Crippen LogP contribution in [0.15, 0.2) is 48.5 Å². The molecule has 0 bridgehead atoms. The molecule has 0 atom stereocenters. The zero-order valence-corrected chi connectivity index (χ0v) is 16.1. The van der Waals surface area contributed by atoms with Crippen molar-refractivity contribution in [2.75, 3.05) is 30.3 Å². The molecule has 0 saturated heterocycles. The maximum atomic E-state index is 12.8. The number of hydrogen-bond donors (Lipinski definition) is 1. The summed E-state index contributed by atoms with van der Waals surface area (Å²) in [4.78, 5) is 12.1. The molecular weight excluding hydrogens is 371 g/mol. The van der Waals surface area contributed by atoms with Gasteiger partial charge in [0.25, 0.3) is 0 Å². The summed E-state index contributed by atoms with van der Waals surface area (Å²) < 4.78 is 43.4. The summed E-state index contributed by atoms with van der Waals surface area (Å²) in [6, 6.07) is 12.6. The Kier molecular flexibility index (Phi) is 7.18. The van der Waals surface area contributed by atoms with Crippen molar-refractivity contribution >= 4 is 21.6 Å². The molecular formula is C19H23FN2O4S. The summed E-state index contributed by atoms with van der Waals surface area (Å²) in [5.74, 6) is -0.314. The second kappa shape index (κ2) is 9.36. The van der Waals surface area contributed by atoms with Gasteiger partial charge in [-0.15, -0.1) is 0 Å². The Balaban J connectivity index is 1.88. The first-order chi connectivity index (χ1) is 12.8. The van der Waals surface area contributed by atoms with E-state index in [4.69, 9.17) is 4.74 Å². The van der Waals surface area contributed by atoms with Gasteiger partial charge in [-0.05, 0) is 48.4 Å². The highest BCUT2D eigenvalue weighted by atomic mass is 32.2. The van der Waals surface area contributed by atoms with Gasteiger partial charge in [-0.2, -0.15) is 0 Å². The number of carbonyl (C=O) groups is 1. The van der Waals surface area contributed by atoms with E-state index in [1.807, 2.05) is 19.1 Å². The van der Waals surface area contributed by atoms with Gasteiger partial charge in [0.2, 0.25) is 15.9 Å². The van der Waals surface area contributed by atoms with E-state index < -0.39 is 15.9 Å². The van der Waals surface area contributed by atoms with Crippen molar-refractivity contribution in [1.29, 1.82) is 0 Å². The highest BCUT2D eigenvalue weighted by Gasteiger charge is 2.20. The number of carbonyl (C=O) groups excluding carboxylic acids is 1. The summed E-state index contributed by atoms with van der Waals surface area (Å²) in [5, 5.41) is 2.62. The molecule has 2 rings (SSSR count). The maximum absolute atomic E-state index is 12.8. The molecule has 146 valence electrons. The van der Waals surface area contributed by atoms with Gasteiger partial charge in [-0.1, -0.05) is 19.1 Å². The lowest BCUT2D eigenvalue weighted by atomic mass is 10.1. The first kappa shape index (κ1) is 20.7. The molecule has 8 heteroatoms. The van der Waals surface area contributed by atoms with Crippen molar-refractivity contribution in [3.63, 3.8) is 0 Å². The zero-order valence-electron chi connectivity index (χ0n) is 15.3. The minimum atomic E-state index is -3.60. The highest BCUT2D eigenvalue weighted by Crippen LogP contribution is 2.18. The highest BCUT2D eigenvalue weighted by molar-refractivity contribution is 7.92. The molecule has 2 aromatic rings. The van der Waals surface area contributed by atoms with Crippen molar-refractivity contribution in [3.8, 4) is 5.75 Å². The number of ether oxygens (including phenoxy) is 1. The number of hydrogen-bond acceptors (Lipinski definition) is 4. The third kappa shape index (κ3) is 6.56. The normalized spacial score (nSPS) is 11.1. The number of aryl methyl sites for hydroxylation is 1. The van der Waals surface area contributed by atoms with Crippen LogP contribution >= 0.6 is 0 Å². The molecule has 0 saturated carbocycles. The van der Waals surface area contributed by atoms with Gasteiger partial charge < -0.3 is 10.1 Å². The molecule has 0 radical (unpaired) electrons. The summed E-state index contributed by atoms with van der Waals surface area (Å²) in [7, 11) is -3.60. The number of benzene rings is 2. The average molecular weight is 394 g/mol. The van der Waals surface area contributed by atoms with Gasteiger partial charge in [0, 0.05) is 0 Å². The second-order valence-corrected chi connectivity index (χ2v) is 7.85. The third-order valence-corrected chi connectivity index (χ3v) is 4.97. The van der Waals surface area contributed by atoms with Crippen LogP contribution in [0.3, 0.4) is 0 Å². The fourth-order valence-electron chi connectivity index (χ4n) is 2.37. The molecule has 1 N–H and O–H groups in total. The monoisotopic (exact) mass is 394 g/mol. The Hall–Kier alpha value is -2.61. The predicted molar refractivity (Wildman–Crippen MR) is 103 cm³/mol. The van der Waals surface area contributed by atoms with Crippen molar-refractivity contribution in [2.45, 2.75) is 13.3 Å². The van der Waals surface area contributed by atoms with Gasteiger partial charge >= 0.3 is 0 Å². The molecule has 0 spiro atoms. The molecule has 0 unspecified atom stereocenters. The van der Waals surface area contributed by atoms with Crippen molar-refractivity contribution in [3.05, 3.63) is 59.9 Å². The molecule has 27 heavy (non-hydrogen) atoms. The van der Waals surface area contributed by atoms with Crippen molar-refractivity contribution in [1.82, 2.24) is 5.32 Å². The number of sulfonamides is 1. The topological polar surface area (TPSA) is 75.7 Å². The molecule has 0 aromatic heterocycles. The van der Waals surface area contributed by atoms with E-state index >= 15 is 0 Å². The number of nitrogens with zero attached hydrogens (tertiary/aromatic N) is 1. The first-order valence-electron chi connectivity index (χ1n) is 8.51. The van der Waals surface area contributed by atoms with E-state index in [1.54, 1.807) is 12.1 Å². The van der Waals surface area contributed by atoms with Gasteiger partial charge in [0.15, 0.2) is 0 Å². The van der Waals surface area contributed by atoms with E-state index in [-0.39, 0.29) is 25.5 Å². The van der Waals surface area contributed by atoms with E-state index in [1.165, 1.54) is 24.3 Å². The maximum Gasteiger partial charge on any atom is 0.240 e. The molecule has 1 amide bonds. The molecule has 2 aromatic carbocycles. The molecule has 0 aliphatic carbocycles. The molecule has 0 aliphatic rings. The summed E-state index contributed by atoms with van der Waals surface area (Å²) >= 11 is 0. The SMILES string of the molecule is CCc1ccc(N(CC(=O)NCCOc2ccc(F)cc2)S(C)(=O)=O)cc1. The summed E-state index contributed by atoms with van der Waals surface area (Å²) in [6.07, 6.45) is 1.90. The lowest BCUT2D eigenvalue weighted by molar-refractivity contribution is -0.119. The van der Waals surface area contributed by atoms with Crippen LogP contribution in [-0.4, -0.2) is 40.3 Å². The van der Waals surface area contributed by atoms with E-state index in [0.717, 1.165) is 22.5 Å². The van der Waals surface area contributed by atoms with Crippen LogP contribution in [0.4, 0.5) is 10.1 Å². The number of anilines is 1. The van der Waals surface area contributed by atoms with Crippen LogP contribution in [0.2, 0.25) is 0 Å². The van der Waals surface area contributed by atoms with Gasteiger partial charge in [0.1, 0.15) is 24.7 Å². The number of halogens is 1. The van der Waals surface area contributed by atoms with Gasteiger partial charge in [-0.3, -0.25) is 9.10 Å². The van der Waals surface area contributed by atoms with Crippen molar-refractivity contribution in [2.24, 2.45) is 0 Å². The standard InChI is InChI=1S/C19H23FN2O4S/c1-3-15-4-8-17(9-5-15)22(27(2,24)25)14-19(23)21-12-13-26-18-10-6-16(20)7-11-18/h4-11H,3,12-14H2,1-2H3,(H,21,23). The average Bonchev–Trinajstić information content (AvgIpc) is 2.64. The molecule has 0 aliphatic heterocycles. The first-order valence-corrected chi connectivity index (χ1v) is 10.4.